The smallest absolute Gasteiger partial charge is 0.308 e. The van der Waals surface area contributed by atoms with Crippen LogP contribution in [0.1, 0.15) is 56.0 Å². The summed E-state index contributed by atoms with van der Waals surface area (Å²) in [7, 11) is 0. The van der Waals surface area contributed by atoms with Crippen molar-refractivity contribution in [3.8, 4) is 0 Å². The van der Waals surface area contributed by atoms with Gasteiger partial charge in [-0.15, -0.1) is 0 Å². The second-order valence-electron chi connectivity index (χ2n) is 7.13. The molecule has 24 heavy (non-hydrogen) atoms. The first kappa shape index (κ1) is 17.0. The quantitative estimate of drug-likeness (QED) is 0.835. The Morgan fingerprint density at radius 1 is 1.29 bits per heavy atom. The Hall–Kier alpha value is -1.85. The van der Waals surface area contributed by atoms with Gasteiger partial charge in [0, 0.05) is 31.6 Å². The average molecular weight is 333 g/mol. The summed E-state index contributed by atoms with van der Waals surface area (Å²) in [5.41, 5.74) is 3.57. The van der Waals surface area contributed by atoms with E-state index in [0.29, 0.717) is 25.9 Å². The van der Waals surface area contributed by atoms with Gasteiger partial charge in [0.05, 0.1) is 11.6 Å². The van der Waals surface area contributed by atoms with E-state index in [1.807, 2.05) is 0 Å². The molecule has 0 saturated carbocycles. The fourth-order valence-electron chi connectivity index (χ4n) is 4.16. The average Bonchev–Trinajstić information content (AvgIpc) is 3.17. The number of rotatable bonds is 6. The number of carboxylic acid groups (broad SMARTS) is 1. The number of nitrogens with one attached hydrogen (secondary N) is 1. The van der Waals surface area contributed by atoms with Crippen molar-refractivity contribution in [2.75, 3.05) is 13.1 Å². The van der Waals surface area contributed by atoms with Gasteiger partial charge in [-0.1, -0.05) is 13.3 Å². The number of hydrogen-bond acceptors (Lipinski definition) is 3. The number of aromatic amines is 1. The van der Waals surface area contributed by atoms with Crippen LogP contribution in [0.4, 0.5) is 0 Å². The van der Waals surface area contributed by atoms with Crippen molar-refractivity contribution in [1.82, 2.24) is 15.1 Å². The molecular formula is C18H27N3O3. The first-order valence-corrected chi connectivity index (χ1v) is 9.15. The lowest BCUT2D eigenvalue weighted by Crippen LogP contribution is -2.30. The molecule has 0 aromatic carbocycles. The molecule has 2 aliphatic rings. The number of carboxylic acids is 1. The van der Waals surface area contributed by atoms with E-state index in [-0.39, 0.29) is 11.8 Å². The van der Waals surface area contributed by atoms with E-state index in [1.165, 1.54) is 24.1 Å². The van der Waals surface area contributed by atoms with Crippen LogP contribution in [0.25, 0.3) is 0 Å². The van der Waals surface area contributed by atoms with Crippen LogP contribution in [-0.2, 0) is 28.9 Å². The highest BCUT2D eigenvalue weighted by Gasteiger charge is 2.38. The predicted molar refractivity (Wildman–Crippen MR) is 89.7 cm³/mol. The molecule has 1 saturated heterocycles. The monoisotopic (exact) mass is 333 g/mol. The molecule has 2 heterocycles. The van der Waals surface area contributed by atoms with Crippen molar-refractivity contribution < 1.29 is 14.7 Å². The molecule has 0 spiro atoms. The number of likely N-dealkylation sites (tertiary alicyclic amines) is 1. The maximum Gasteiger partial charge on any atom is 0.308 e. The number of carbonyl (C=O) groups excluding carboxylic acids is 1. The molecule has 1 fully saturated rings. The van der Waals surface area contributed by atoms with Crippen LogP contribution in [0, 0.1) is 11.8 Å². The third-order valence-electron chi connectivity index (χ3n) is 5.49. The molecule has 2 N–H and O–H groups in total. The summed E-state index contributed by atoms with van der Waals surface area (Å²) in [5, 5.41) is 16.9. The topological polar surface area (TPSA) is 86.3 Å². The molecule has 1 aromatic heterocycles. The van der Waals surface area contributed by atoms with Gasteiger partial charge in [0.2, 0.25) is 5.91 Å². The molecule has 132 valence electrons. The first-order chi connectivity index (χ1) is 11.6. The van der Waals surface area contributed by atoms with Crippen molar-refractivity contribution in [2.24, 2.45) is 11.8 Å². The summed E-state index contributed by atoms with van der Waals surface area (Å²) in [6, 6.07) is 0. The third-order valence-corrected chi connectivity index (χ3v) is 5.49. The maximum absolute atomic E-state index is 12.5. The number of hydrogen-bond donors (Lipinski definition) is 2. The Bertz CT molecular complexity index is 611. The van der Waals surface area contributed by atoms with E-state index in [0.717, 1.165) is 31.4 Å². The summed E-state index contributed by atoms with van der Waals surface area (Å²) in [4.78, 5) is 25.7. The third kappa shape index (κ3) is 3.47. The highest BCUT2D eigenvalue weighted by atomic mass is 16.4. The fraction of sp³-hybridized carbons (Fsp3) is 0.722. The number of aromatic nitrogens is 2. The second kappa shape index (κ2) is 7.36. The molecule has 0 unspecified atom stereocenters. The van der Waals surface area contributed by atoms with Gasteiger partial charge in [0.1, 0.15) is 0 Å². The van der Waals surface area contributed by atoms with E-state index in [1.54, 1.807) is 4.90 Å². The Labute approximate surface area is 142 Å². The zero-order chi connectivity index (χ0) is 17.1. The minimum absolute atomic E-state index is 0.0624. The van der Waals surface area contributed by atoms with E-state index in [4.69, 9.17) is 0 Å². The number of aryl methyl sites for hydroxylation is 2. The lowest BCUT2D eigenvalue weighted by Gasteiger charge is -2.16. The Morgan fingerprint density at radius 2 is 2.08 bits per heavy atom. The van der Waals surface area contributed by atoms with Crippen LogP contribution in [0.15, 0.2) is 0 Å². The molecule has 1 amide bonds. The Kier molecular flexibility index (Phi) is 5.21. The summed E-state index contributed by atoms with van der Waals surface area (Å²) >= 11 is 0. The second-order valence-corrected chi connectivity index (χ2v) is 7.13. The van der Waals surface area contributed by atoms with Gasteiger partial charge < -0.3 is 10.0 Å². The Balaban J connectivity index is 1.57. The summed E-state index contributed by atoms with van der Waals surface area (Å²) in [6.45, 7) is 3.00. The number of carbonyl (C=O) groups is 2. The van der Waals surface area contributed by atoms with Gasteiger partial charge >= 0.3 is 5.97 Å². The normalized spacial score (nSPS) is 23.3. The van der Waals surface area contributed by atoms with E-state index in [9.17, 15) is 14.7 Å². The highest BCUT2D eigenvalue weighted by Crippen LogP contribution is 2.29. The molecule has 1 aliphatic carbocycles. The number of fused-ring (bicyclic) bond motifs is 1. The van der Waals surface area contributed by atoms with Crippen molar-refractivity contribution in [3.63, 3.8) is 0 Å². The van der Waals surface area contributed by atoms with Crippen LogP contribution in [0.3, 0.4) is 0 Å². The largest absolute Gasteiger partial charge is 0.481 e. The minimum Gasteiger partial charge on any atom is -0.481 e. The molecule has 0 radical (unpaired) electrons. The lowest BCUT2D eigenvalue weighted by atomic mass is 9.92. The van der Waals surface area contributed by atoms with Crippen LogP contribution in [0.2, 0.25) is 0 Å². The fourth-order valence-corrected chi connectivity index (χ4v) is 4.16. The summed E-state index contributed by atoms with van der Waals surface area (Å²) < 4.78 is 0. The molecule has 0 bridgehead atoms. The van der Waals surface area contributed by atoms with E-state index < -0.39 is 11.9 Å². The first-order valence-electron chi connectivity index (χ1n) is 9.15. The van der Waals surface area contributed by atoms with E-state index in [2.05, 4.69) is 17.1 Å². The lowest BCUT2D eigenvalue weighted by molar-refractivity contribution is -0.142. The van der Waals surface area contributed by atoms with Crippen molar-refractivity contribution in [2.45, 2.75) is 58.3 Å². The number of nitrogens with zero attached hydrogens (tertiary/aromatic N) is 2. The summed E-state index contributed by atoms with van der Waals surface area (Å²) in [5.74, 6) is -1.03. The Morgan fingerprint density at radius 3 is 2.83 bits per heavy atom. The summed E-state index contributed by atoms with van der Waals surface area (Å²) in [6.07, 6.45) is 7.40. The molecule has 6 nitrogen and oxygen atoms in total. The SMILES string of the molecule is CCC[C@@H]1CN(C(=O)CCc2n[nH]c3c2CCCC3)C[C@H]1C(=O)O. The van der Waals surface area contributed by atoms with Gasteiger partial charge in [0.25, 0.3) is 0 Å². The zero-order valence-corrected chi connectivity index (χ0v) is 14.4. The van der Waals surface area contributed by atoms with Gasteiger partial charge in [-0.05, 0) is 43.6 Å². The number of H-pyrrole nitrogens is 1. The number of aliphatic carboxylic acids is 1. The minimum atomic E-state index is -0.773. The standard InChI is InChI=1S/C18H27N3O3/c1-2-5-12-10-21(11-14(12)18(23)24)17(22)9-8-16-13-6-3-4-7-15(13)19-20-16/h12,14H,2-11H2,1H3,(H,19,20)(H,23,24)/t12-,14-/m1/s1. The van der Waals surface area contributed by atoms with Gasteiger partial charge in [-0.3, -0.25) is 14.7 Å². The molecule has 3 rings (SSSR count). The maximum atomic E-state index is 12.5. The van der Waals surface area contributed by atoms with E-state index >= 15 is 0 Å². The molecule has 1 aliphatic heterocycles. The number of amides is 1. The van der Waals surface area contributed by atoms with Crippen molar-refractivity contribution >= 4 is 11.9 Å². The van der Waals surface area contributed by atoms with Crippen LogP contribution >= 0.6 is 0 Å². The molecule has 1 aromatic rings. The predicted octanol–water partition coefficient (Wildman–Crippen LogP) is 2.18. The molecular weight excluding hydrogens is 306 g/mol. The molecule has 2 atom stereocenters. The van der Waals surface area contributed by atoms with Gasteiger partial charge in [0.15, 0.2) is 0 Å². The van der Waals surface area contributed by atoms with Gasteiger partial charge in [-0.25, -0.2) is 0 Å². The van der Waals surface area contributed by atoms with Crippen LogP contribution in [-0.4, -0.2) is 45.2 Å². The van der Waals surface area contributed by atoms with Crippen LogP contribution in [0.5, 0.6) is 0 Å². The van der Waals surface area contributed by atoms with Crippen molar-refractivity contribution in [3.05, 3.63) is 17.0 Å². The van der Waals surface area contributed by atoms with Crippen LogP contribution < -0.4 is 0 Å². The van der Waals surface area contributed by atoms with Gasteiger partial charge in [-0.2, -0.15) is 5.10 Å². The van der Waals surface area contributed by atoms with Crippen molar-refractivity contribution in [1.29, 1.82) is 0 Å². The zero-order valence-electron chi connectivity index (χ0n) is 14.4. The highest BCUT2D eigenvalue weighted by molar-refractivity contribution is 5.79. The molecule has 6 heteroatoms.